The number of nitrogens with zero attached hydrogens (tertiary/aromatic N) is 2. The van der Waals surface area contributed by atoms with Gasteiger partial charge in [0, 0.05) is 30.9 Å². The molecule has 0 radical (unpaired) electrons. The van der Waals surface area contributed by atoms with Crippen molar-refractivity contribution >= 4 is 29.6 Å². The zero-order valence-corrected chi connectivity index (χ0v) is 17.9. The van der Waals surface area contributed by atoms with E-state index in [1.54, 1.807) is 0 Å². The summed E-state index contributed by atoms with van der Waals surface area (Å²) in [7, 11) is 0. The van der Waals surface area contributed by atoms with Crippen LogP contribution in [0.2, 0.25) is 0 Å². The number of hydrogen-bond acceptors (Lipinski definition) is 4. The van der Waals surface area contributed by atoms with Crippen molar-refractivity contribution in [3.63, 3.8) is 0 Å². The Balaban J connectivity index is 1.29. The summed E-state index contributed by atoms with van der Waals surface area (Å²) in [5, 5.41) is 2.18. The maximum Gasteiger partial charge on any atom is 0.226 e. The van der Waals surface area contributed by atoms with Gasteiger partial charge in [0.15, 0.2) is 0 Å². The lowest BCUT2D eigenvalue weighted by Gasteiger charge is -2.26. The zero-order chi connectivity index (χ0) is 21.0. The van der Waals surface area contributed by atoms with E-state index in [0.29, 0.717) is 6.42 Å². The molecule has 0 bridgehead atoms. The predicted octanol–water partition coefficient (Wildman–Crippen LogP) is 2.78. The summed E-state index contributed by atoms with van der Waals surface area (Å²) < 4.78 is 0. The minimum atomic E-state index is 0.212. The maximum absolute atomic E-state index is 11.9. The Kier molecular flexibility index (Phi) is 5.76. The van der Waals surface area contributed by atoms with Crippen LogP contribution in [0.3, 0.4) is 0 Å². The summed E-state index contributed by atoms with van der Waals surface area (Å²) in [6.45, 7) is 4.33. The molecule has 3 aliphatic rings. The molecule has 0 aliphatic carbocycles. The second-order valence-corrected chi connectivity index (χ2v) is 8.70. The summed E-state index contributed by atoms with van der Waals surface area (Å²) in [4.78, 5) is 16.2. The van der Waals surface area contributed by atoms with Crippen LogP contribution in [0, 0.1) is 0 Å². The highest BCUT2D eigenvalue weighted by molar-refractivity contribution is 5.82. The predicted molar refractivity (Wildman–Crippen MR) is 126 cm³/mol. The molecule has 2 saturated heterocycles. The van der Waals surface area contributed by atoms with Crippen LogP contribution in [0.15, 0.2) is 48.5 Å². The van der Waals surface area contributed by atoms with Gasteiger partial charge in [-0.15, -0.1) is 0 Å². The molecule has 5 nitrogen and oxygen atoms in total. The van der Waals surface area contributed by atoms with Gasteiger partial charge in [-0.1, -0.05) is 48.9 Å². The van der Waals surface area contributed by atoms with E-state index in [4.69, 9.17) is 0 Å². The third-order valence-electron chi connectivity index (χ3n) is 6.36. The number of nitrogens with one attached hydrogen (secondary N) is 2. The van der Waals surface area contributed by atoms with Crippen molar-refractivity contribution < 1.29 is 4.79 Å². The van der Waals surface area contributed by atoms with Crippen LogP contribution in [0.4, 0.5) is 5.69 Å². The van der Waals surface area contributed by atoms with Gasteiger partial charge in [0.25, 0.3) is 0 Å². The van der Waals surface area contributed by atoms with E-state index in [1.807, 2.05) is 11.1 Å². The van der Waals surface area contributed by atoms with Crippen LogP contribution in [-0.4, -0.2) is 35.3 Å². The first-order chi connectivity index (χ1) is 15.2. The number of carbonyl (C=O) groups excluding carboxylic acids is 1. The summed E-state index contributed by atoms with van der Waals surface area (Å²) in [5.74, 6) is 0.212. The SMILES string of the molecule is O=C1CCCN1C=c1ccc2c(c1)NNC=2C=Cc1ccc(CN2CCCCC2)cc1. The van der Waals surface area contributed by atoms with Crippen molar-refractivity contribution in [2.24, 2.45) is 0 Å². The zero-order valence-electron chi connectivity index (χ0n) is 17.9. The second kappa shape index (κ2) is 8.98. The highest BCUT2D eigenvalue weighted by Crippen LogP contribution is 2.15. The molecule has 0 unspecified atom stereocenters. The number of amides is 1. The average Bonchev–Trinajstić information content (AvgIpc) is 3.39. The van der Waals surface area contributed by atoms with Gasteiger partial charge in [-0.05, 0) is 60.8 Å². The number of benzene rings is 2. The number of carbonyl (C=O) groups is 1. The van der Waals surface area contributed by atoms with Crippen molar-refractivity contribution in [1.29, 1.82) is 0 Å². The van der Waals surface area contributed by atoms with E-state index in [0.717, 1.165) is 41.3 Å². The molecule has 5 heteroatoms. The van der Waals surface area contributed by atoms with Crippen LogP contribution in [0.25, 0.3) is 18.0 Å². The van der Waals surface area contributed by atoms with Gasteiger partial charge in [-0.2, -0.15) is 0 Å². The minimum Gasteiger partial charge on any atom is -0.318 e. The molecule has 0 saturated carbocycles. The monoisotopic (exact) mass is 414 g/mol. The Hall–Kier alpha value is -3.05. The molecule has 0 atom stereocenters. The van der Waals surface area contributed by atoms with Gasteiger partial charge >= 0.3 is 0 Å². The maximum atomic E-state index is 11.9. The lowest BCUT2D eigenvalue weighted by atomic mass is 10.1. The molecular weight excluding hydrogens is 384 g/mol. The molecule has 2 aromatic carbocycles. The first-order valence-electron chi connectivity index (χ1n) is 11.4. The smallest absolute Gasteiger partial charge is 0.226 e. The van der Waals surface area contributed by atoms with Gasteiger partial charge in [-0.25, -0.2) is 0 Å². The van der Waals surface area contributed by atoms with Crippen LogP contribution >= 0.6 is 0 Å². The fourth-order valence-corrected chi connectivity index (χ4v) is 4.59. The Morgan fingerprint density at radius 3 is 2.48 bits per heavy atom. The standard InChI is InChI=1S/C26H30N4O/c31-26-5-4-16-30(26)19-22-10-12-23-24(27-28-25(23)17-22)13-11-20-6-8-21(9-7-20)18-29-14-2-1-3-15-29/h6-13,17,19,27-28H,1-5,14-16,18H2. The van der Waals surface area contributed by atoms with E-state index < -0.39 is 0 Å². The largest absolute Gasteiger partial charge is 0.318 e. The highest BCUT2D eigenvalue weighted by atomic mass is 16.2. The number of hydrogen-bond donors (Lipinski definition) is 2. The number of fused-ring (bicyclic) bond motifs is 1. The summed E-state index contributed by atoms with van der Waals surface area (Å²) in [6, 6.07) is 15.2. The Labute approximate surface area is 183 Å². The molecule has 1 amide bonds. The van der Waals surface area contributed by atoms with E-state index in [1.165, 1.54) is 43.5 Å². The summed E-state index contributed by atoms with van der Waals surface area (Å²) in [5.41, 5.74) is 11.2. The molecule has 2 N–H and O–H groups in total. The first-order valence-corrected chi connectivity index (χ1v) is 11.4. The number of anilines is 1. The first kappa shape index (κ1) is 19.9. The Bertz CT molecular complexity index is 1100. The van der Waals surface area contributed by atoms with Gasteiger partial charge in [-0.3, -0.25) is 9.69 Å². The molecule has 0 spiro atoms. The lowest BCUT2D eigenvalue weighted by Crippen LogP contribution is -2.28. The fraction of sp³-hybridized carbons (Fsp3) is 0.346. The summed E-state index contributed by atoms with van der Waals surface area (Å²) in [6.07, 6.45) is 11.9. The van der Waals surface area contributed by atoms with Crippen LogP contribution in [0.5, 0.6) is 0 Å². The number of hydrazine groups is 1. The minimum absolute atomic E-state index is 0.212. The molecule has 3 aliphatic heterocycles. The van der Waals surface area contributed by atoms with E-state index in [-0.39, 0.29) is 5.91 Å². The summed E-state index contributed by atoms with van der Waals surface area (Å²) >= 11 is 0. The third kappa shape index (κ3) is 4.67. The average molecular weight is 415 g/mol. The van der Waals surface area contributed by atoms with E-state index >= 15 is 0 Å². The van der Waals surface area contributed by atoms with Gasteiger partial charge in [0.1, 0.15) is 0 Å². The third-order valence-corrected chi connectivity index (χ3v) is 6.36. The number of likely N-dealkylation sites (tertiary alicyclic amines) is 2. The van der Waals surface area contributed by atoms with Crippen molar-refractivity contribution in [3.8, 4) is 0 Å². The van der Waals surface area contributed by atoms with Crippen LogP contribution in [-0.2, 0) is 11.3 Å². The second-order valence-electron chi connectivity index (χ2n) is 8.70. The van der Waals surface area contributed by atoms with Gasteiger partial charge in [0.05, 0.1) is 11.4 Å². The topological polar surface area (TPSA) is 47.6 Å². The quantitative estimate of drug-likeness (QED) is 0.790. The van der Waals surface area contributed by atoms with Gasteiger partial charge in [0.2, 0.25) is 5.91 Å². The molecule has 31 heavy (non-hydrogen) atoms. The van der Waals surface area contributed by atoms with E-state index in [9.17, 15) is 4.79 Å². The van der Waals surface area contributed by atoms with Crippen molar-refractivity contribution in [1.82, 2.24) is 15.2 Å². The number of rotatable bonds is 5. The van der Waals surface area contributed by atoms with E-state index in [2.05, 4.69) is 70.4 Å². The normalized spacial score (nSPS) is 19.7. The molecule has 3 heterocycles. The number of piperidine rings is 1. The highest BCUT2D eigenvalue weighted by Gasteiger charge is 2.17. The Morgan fingerprint density at radius 2 is 1.71 bits per heavy atom. The van der Waals surface area contributed by atoms with Gasteiger partial charge < -0.3 is 15.8 Å². The van der Waals surface area contributed by atoms with Crippen molar-refractivity contribution in [2.45, 2.75) is 38.6 Å². The molecule has 160 valence electrons. The Morgan fingerprint density at radius 1 is 0.871 bits per heavy atom. The molecule has 2 aromatic rings. The molecule has 0 aromatic heterocycles. The lowest BCUT2D eigenvalue weighted by molar-refractivity contribution is -0.124. The molecule has 2 fully saturated rings. The van der Waals surface area contributed by atoms with Crippen molar-refractivity contribution in [3.05, 3.63) is 70.1 Å². The van der Waals surface area contributed by atoms with Crippen LogP contribution in [0.1, 0.15) is 43.2 Å². The van der Waals surface area contributed by atoms with Crippen molar-refractivity contribution in [2.75, 3.05) is 25.1 Å². The molecule has 5 rings (SSSR count). The molecular formula is C26H30N4O. The van der Waals surface area contributed by atoms with Crippen LogP contribution < -0.4 is 21.3 Å². The fourth-order valence-electron chi connectivity index (χ4n) is 4.59.